The third kappa shape index (κ3) is 2.60. The molecule has 0 spiro atoms. The van der Waals surface area contributed by atoms with Gasteiger partial charge in [0.1, 0.15) is 17.6 Å². The van der Waals surface area contributed by atoms with Crippen molar-refractivity contribution < 1.29 is 4.39 Å². The lowest BCUT2D eigenvalue weighted by molar-refractivity contribution is 0.631. The van der Waals surface area contributed by atoms with Crippen LogP contribution >= 0.6 is 15.9 Å². The van der Waals surface area contributed by atoms with Crippen molar-refractivity contribution in [2.45, 2.75) is 0 Å². The highest BCUT2D eigenvalue weighted by atomic mass is 79.9. The van der Waals surface area contributed by atoms with Crippen LogP contribution in [-0.4, -0.2) is 4.98 Å². The van der Waals surface area contributed by atoms with Crippen molar-refractivity contribution in [3.05, 3.63) is 52.5 Å². The Morgan fingerprint density at radius 2 is 2.12 bits per heavy atom. The van der Waals surface area contributed by atoms with Crippen molar-refractivity contribution >= 4 is 27.3 Å². The van der Waals surface area contributed by atoms with Gasteiger partial charge in [0.2, 0.25) is 0 Å². The average Bonchev–Trinajstić information content (AvgIpc) is 2.35. The zero-order valence-electron chi connectivity index (χ0n) is 8.61. The molecule has 0 radical (unpaired) electrons. The Labute approximate surface area is 106 Å². The third-order valence-corrected chi connectivity index (χ3v) is 2.77. The number of benzene rings is 1. The summed E-state index contributed by atoms with van der Waals surface area (Å²) in [7, 11) is 0. The Balaban J connectivity index is 2.29. The fraction of sp³-hybridized carbons (Fsp3) is 0. The van der Waals surface area contributed by atoms with Crippen molar-refractivity contribution in [1.82, 2.24) is 4.98 Å². The fourth-order valence-electron chi connectivity index (χ4n) is 1.30. The second-order valence-electron chi connectivity index (χ2n) is 3.27. The van der Waals surface area contributed by atoms with E-state index in [9.17, 15) is 4.39 Å². The first-order valence-corrected chi connectivity index (χ1v) is 5.57. The smallest absolute Gasteiger partial charge is 0.147 e. The van der Waals surface area contributed by atoms with Gasteiger partial charge in [-0.3, -0.25) is 0 Å². The number of anilines is 2. The number of hydrogen-bond acceptors (Lipinski definition) is 3. The molecular formula is C12H7BrFN3. The predicted molar refractivity (Wildman–Crippen MR) is 66.3 cm³/mol. The topological polar surface area (TPSA) is 48.7 Å². The molecule has 2 aromatic rings. The van der Waals surface area contributed by atoms with Crippen LogP contribution in [0.1, 0.15) is 5.69 Å². The molecule has 0 bridgehead atoms. The Morgan fingerprint density at radius 1 is 1.29 bits per heavy atom. The standard InChI is InChI=1S/C12H7BrFN3/c13-10-2-1-3-11(14)12(10)17-9-5-4-8(6-15)16-7-9/h1-5,7,17H. The molecule has 5 heteroatoms. The Hall–Kier alpha value is -1.93. The number of para-hydroxylation sites is 1. The monoisotopic (exact) mass is 291 g/mol. The highest BCUT2D eigenvalue weighted by Gasteiger charge is 2.06. The van der Waals surface area contributed by atoms with Gasteiger partial charge in [0.15, 0.2) is 0 Å². The number of nitriles is 1. The van der Waals surface area contributed by atoms with Crippen molar-refractivity contribution in [3.63, 3.8) is 0 Å². The molecule has 0 fully saturated rings. The molecule has 0 atom stereocenters. The molecule has 1 aromatic heterocycles. The van der Waals surface area contributed by atoms with Crippen LogP contribution < -0.4 is 5.32 Å². The summed E-state index contributed by atoms with van der Waals surface area (Å²) in [6, 6.07) is 9.87. The van der Waals surface area contributed by atoms with Crippen molar-refractivity contribution in [2.24, 2.45) is 0 Å². The predicted octanol–water partition coefficient (Wildman–Crippen LogP) is 3.60. The summed E-state index contributed by atoms with van der Waals surface area (Å²) in [5.41, 5.74) is 1.29. The molecule has 2 rings (SSSR count). The van der Waals surface area contributed by atoms with E-state index in [1.165, 1.54) is 12.3 Å². The Bertz CT molecular complexity index is 555. The first-order chi connectivity index (χ1) is 8.20. The molecule has 0 aliphatic heterocycles. The summed E-state index contributed by atoms with van der Waals surface area (Å²) >= 11 is 3.26. The summed E-state index contributed by atoms with van der Waals surface area (Å²) in [4.78, 5) is 3.89. The molecular weight excluding hydrogens is 285 g/mol. The minimum absolute atomic E-state index is 0.322. The molecule has 1 aromatic carbocycles. The van der Waals surface area contributed by atoms with E-state index in [4.69, 9.17) is 5.26 Å². The first kappa shape index (κ1) is 11.6. The molecule has 84 valence electrons. The van der Waals surface area contributed by atoms with Gasteiger partial charge in [-0.2, -0.15) is 5.26 Å². The van der Waals surface area contributed by atoms with Gasteiger partial charge in [-0.05, 0) is 40.2 Å². The third-order valence-electron chi connectivity index (χ3n) is 2.11. The highest BCUT2D eigenvalue weighted by Crippen LogP contribution is 2.28. The van der Waals surface area contributed by atoms with E-state index in [-0.39, 0.29) is 5.82 Å². The number of pyridine rings is 1. The van der Waals surface area contributed by atoms with Crippen LogP contribution in [0.2, 0.25) is 0 Å². The number of aromatic nitrogens is 1. The van der Waals surface area contributed by atoms with E-state index in [2.05, 4.69) is 26.2 Å². The summed E-state index contributed by atoms with van der Waals surface area (Å²) in [5.74, 6) is -0.358. The molecule has 0 amide bonds. The zero-order valence-corrected chi connectivity index (χ0v) is 10.2. The maximum absolute atomic E-state index is 13.5. The van der Waals surface area contributed by atoms with Gasteiger partial charge < -0.3 is 5.32 Å². The lowest BCUT2D eigenvalue weighted by Gasteiger charge is -2.08. The number of rotatable bonds is 2. The van der Waals surface area contributed by atoms with Gasteiger partial charge >= 0.3 is 0 Å². The minimum Gasteiger partial charge on any atom is -0.351 e. The normalized spacial score (nSPS) is 9.71. The lowest BCUT2D eigenvalue weighted by Crippen LogP contribution is -1.96. The van der Waals surface area contributed by atoms with Crippen molar-refractivity contribution in [3.8, 4) is 6.07 Å². The van der Waals surface area contributed by atoms with Crippen molar-refractivity contribution in [1.29, 1.82) is 5.26 Å². The largest absolute Gasteiger partial charge is 0.351 e. The number of nitrogens with zero attached hydrogens (tertiary/aromatic N) is 2. The van der Waals surface area contributed by atoms with Crippen LogP contribution in [0.3, 0.4) is 0 Å². The molecule has 3 nitrogen and oxygen atoms in total. The second kappa shape index (κ2) is 4.93. The molecule has 0 saturated heterocycles. The minimum atomic E-state index is -0.358. The van der Waals surface area contributed by atoms with Crippen LogP contribution in [0.4, 0.5) is 15.8 Å². The maximum atomic E-state index is 13.5. The SMILES string of the molecule is N#Cc1ccc(Nc2c(F)cccc2Br)cn1. The molecule has 0 aliphatic rings. The maximum Gasteiger partial charge on any atom is 0.147 e. The fourth-order valence-corrected chi connectivity index (χ4v) is 1.74. The van der Waals surface area contributed by atoms with Gasteiger partial charge in [-0.15, -0.1) is 0 Å². The lowest BCUT2D eigenvalue weighted by atomic mass is 10.3. The van der Waals surface area contributed by atoms with Crippen LogP contribution in [0.5, 0.6) is 0 Å². The van der Waals surface area contributed by atoms with Crippen LogP contribution in [0.15, 0.2) is 41.0 Å². The second-order valence-corrected chi connectivity index (χ2v) is 4.12. The summed E-state index contributed by atoms with van der Waals surface area (Å²) in [5, 5.41) is 11.5. The number of hydrogen-bond donors (Lipinski definition) is 1. The van der Waals surface area contributed by atoms with E-state index < -0.39 is 0 Å². The molecule has 0 unspecified atom stereocenters. The van der Waals surface area contributed by atoms with E-state index in [0.29, 0.717) is 21.5 Å². The summed E-state index contributed by atoms with van der Waals surface area (Å²) in [6.07, 6.45) is 1.48. The van der Waals surface area contributed by atoms with Crippen LogP contribution in [0, 0.1) is 17.1 Å². The highest BCUT2D eigenvalue weighted by molar-refractivity contribution is 9.10. The van der Waals surface area contributed by atoms with Gasteiger partial charge in [0, 0.05) is 4.47 Å². The van der Waals surface area contributed by atoms with Gasteiger partial charge in [-0.25, -0.2) is 9.37 Å². The van der Waals surface area contributed by atoms with E-state index in [0.717, 1.165) is 0 Å². The first-order valence-electron chi connectivity index (χ1n) is 4.78. The molecule has 0 saturated carbocycles. The molecule has 1 N–H and O–H groups in total. The Morgan fingerprint density at radius 3 is 2.71 bits per heavy atom. The number of nitrogens with one attached hydrogen (secondary N) is 1. The van der Waals surface area contributed by atoms with Gasteiger partial charge in [-0.1, -0.05) is 6.07 Å². The van der Waals surface area contributed by atoms with E-state index >= 15 is 0 Å². The van der Waals surface area contributed by atoms with E-state index in [1.807, 2.05) is 6.07 Å². The Kier molecular flexibility index (Phi) is 3.35. The van der Waals surface area contributed by atoms with Crippen LogP contribution in [0.25, 0.3) is 0 Å². The number of halogens is 2. The zero-order chi connectivity index (χ0) is 12.3. The van der Waals surface area contributed by atoms with E-state index in [1.54, 1.807) is 24.3 Å². The summed E-state index contributed by atoms with van der Waals surface area (Å²) < 4.78 is 14.1. The van der Waals surface area contributed by atoms with Gasteiger partial charge in [0.25, 0.3) is 0 Å². The van der Waals surface area contributed by atoms with Gasteiger partial charge in [0.05, 0.1) is 17.6 Å². The van der Waals surface area contributed by atoms with Crippen LogP contribution in [-0.2, 0) is 0 Å². The quantitative estimate of drug-likeness (QED) is 0.920. The average molecular weight is 292 g/mol. The molecule has 17 heavy (non-hydrogen) atoms. The van der Waals surface area contributed by atoms with Crippen molar-refractivity contribution in [2.75, 3.05) is 5.32 Å². The summed E-state index contributed by atoms with van der Waals surface area (Å²) in [6.45, 7) is 0. The molecule has 0 aliphatic carbocycles. The molecule has 1 heterocycles.